The first-order valence-corrected chi connectivity index (χ1v) is 7.48. The Balaban J connectivity index is 2.14. The van der Waals surface area contributed by atoms with Crippen LogP contribution in [0.4, 0.5) is 0 Å². The summed E-state index contributed by atoms with van der Waals surface area (Å²) >= 11 is 0. The van der Waals surface area contributed by atoms with Gasteiger partial charge in [0.2, 0.25) is 0 Å². The fourth-order valence-electron chi connectivity index (χ4n) is 1.76. The van der Waals surface area contributed by atoms with Crippen LogP contribution in [0.5, 0.6) is 0 Å². The minimum Gasteiger partial charge on any atom is -0.330 e. The first-order chi connectivity index (χ1) is 7.03. The van der Waals surface area contributed by atoms with Gasteiger partial charge in [-0.15, -0.1) is 0 Å². The molecule has 5 heteroatoms. The van der Waals surface area contributed by atoms with Gasteiger partial charge in [-0.3, -0.25) is 0 Å². The molecule has 1 saturated heterocycles. The molecule has 15 heavy (non-hydrogen) atoms. The number of rotatable bonds is 5. The molecular formula is C10H22N2O2S. The quantitative estimate of drug-likeness (QED) is 0.732. The van der Waals surface area contributed by atoms with E-state index in [1.165, 1.54) is 0 Å². The number of nitrogens with two attached hydrogens (primary N) is 1. The first-order valence-electron chi connectivity index (χ1n) is 5.66. The van der Waals surface area contributed by atoms with Crippen LogP contribution < -0.4 is 5.73 Å². The summed E-state index contributed by atoms with van der Waals surface area (Å²) in [6.45, 7) is 5.33. The molecule has 0 saturated carbocycles. The van der Waals surface area contributed by atoms with Gasteiger partial charge in [0.05, 0.1) is 11.5 Å². The van der Waals surface area contributed by atoms with E-state index in [1.54, 1.807) is 0 Å². The van der Waals surface area contributed by atoms with Gasteiger partial charge in [-0.05, 0) is 31.8 Å². The van der Waals surface area contributed by atoms with Gasteiger partial charge >= 0.3 is 0 Å². The van der Waals surface area contributed by atoms with Crippen molar-refractivity contribution in [2.45, 2.75) is 19.8 Å². The third-order valence-corrected chi connectivity index (χ3v) is 4.62. The van der Waals surface area contributed by atoms with Gasteiger partial charge in [0.25, 0.3) is 0 Å². The molecule has 0 bridgehead atoms. The lowest BCUT2D eigenvalue weighted by Crippen LogP contribution is -2.40. The van der Waals surface area contributed by atoms with E-state index in [-0.39, 0.29) is 0 Å². The summed E-state index contributed by atoms with van der Waals surface area (Å²) < 4.78 is 22.4. The topological polar surface area (TPSA) is 63.4 Å². The van der Waals surface area contributed by atoms with E-state index in [0.717, 1.165) is 25.9 Å². The molecular weight excluding hydrogens is 212 g/mol. The van der Waals surface area contributed by atoms with Crippen molar-refractivity contribution in [2.75, 3.05) is 37.7 Å². The van der Waals surface area contributed by atoms with Crippen LogP contribution in [0.2, 0.25) is 0 Å². The van der Waals surface area contributed by atoms with Gasteiger partial charge in [0.1, 0.15) is 0 Å². The zero-order chi connectivity index (χ0) is 11.3. The molecule has 1 rings (SSSR count). The average Bonchev–Trinajstić information content (AvgIpc) is 2.20. The molecule has 0 spiro atoms. The molecule has 2 N–H and O–H groups in total. The third kappa shape index (κ3) is 4.95. The van der Waals surface area contributed by atoms with Gasteiger partial charge in [-0.1, -0.05) is 6.92 Å². The maximum atomic E-state index is 11.2. The molecule has 0 radical (unpaired) electrons. The van der Waals surface area contributed by atoms with Crippen LogP contribution in [0.1, 0.15) is 19.8 Å². The minimum absolute atomic E-state index is 0.333. The molecule has 1 aliphatic rings. The van der Waals surface area contributed by atoms with Crippen LogP contribution in [-0.2, 0) is 9.84 Å². The Bertz CT molecular complexity index is 263. The lowest BCUT2D eigenvalue weighted by atomic mass is 10.1. The lowest BCUT2D eigenvalue weighted by molar-refractivity contribution is 0.282. The smallest absolute Gasteiger partial charge is 0.152 e. The van der Waals surface area contributed by atoms with Crippen molar-refractivity contribution < 1.29 is 8.42 Å². The van der Waals surface area contributed by atoms with Crippen molar-refractivity contribution in [3.63, 3.8) is 0 Å². The van der Waals surface area contributed by atoms with Crippen molar-refractivity contribution in [3.05, 3.63) is 0 Å². The van der Waals surface area contributed by atoms with Crippen molar-refractivity contribution in [3.8, 4) is 0 Å². The SMILES string of the molecule is CC(CN)CCCN1CCS(=O)(=O)CC1. The number of hydrogen-bond donors (Lipinski definition) is 1. The molecule has 1 heterocycles. The zero-order valence-electron chi connectivity index (χ0n) is 9.48. The monoisotopic (exact) mass is 234 g/mol. The van der Waals surface area contributed by atoms with Gasteiger partial charge in [0.15, 0.2) is 9.84 Å². The van der Waals surface area contributed by atoms with E-state index in [2.05, 4.69) is 11.8 Å². The molecule has 1 atom stereocenters. The summed E-state index contributed by atoms with van der Waals surface area (Å²) in [7, 11) is -2.72. The van der Waals surface area contributed by atoms with Crippen LogP contribution in [0.3, 0.4) is 0 Å². The Kier molecular flexibility index (Phi) is 5.02. The molecule has 4 nitrogen and oxygen atoms in total. The van der Waals surface area contributed by atoms with Crippen molar-refractivity contribution >= 4 is 9.84 Å². The lowest BCUT2D eigenvalue weighted by Gasteiger charge is -2.26. The predicted octanol–water partition coefficient (Wildman–Crippen LogP) is 0.0918. The van der Waals surface area contributed by atoms with E-state index in [4.69, 9.17) is 5.73 Å². The van der Waals surface area contributed by atoms with Crippen LogP contribution in [0.25, 0.3) is 0 Å². The summed E-state index contributed by atoms with van der Waals surface area (Å²) in [5, 5.41) is 0. The maximum absolute atomic E-state index is 11.2. The number of nitrogens with zero attached hydrogens (tertiary/aromatic N) is 1. The Morgan fingerprint density at radius 2 is 1.93 bits per heavy atom. The fraction of sp³-hybridized carbons (Fsp3) is 1.00. The summed E-state index contributed by atoms with van der Waals surface area (Å²) in [5.74, 6) is 1.25. The molecule has 0 aromatic rings. The highest BCUT2D eigenvalue weighted by atomic mass is 32.2. The molecule has 1 unspecified atom stereocenters. The molecule has 0 aromatic carbocycles. The van der Waals surface area contributed by atoms with E-state index >= 15 is 0 Å². The van der Waals surface area contributed by atoms with Crippen molar-refractivity contribution in [1.82, 2.24) is 4.90 Å². The Labute approximate surface area is 92.7 Å². The molecule has 90 valence electrons. The Morgan fingerprint density at radius 3 is 2.47 bits per heavy atom. The highest BCUT2D eigenvalue weighted by Gasteiger charge is 2.20. The second-order valence-corrected chi connectivity index (χ2v) is 6.78. The average molecular weight is 234 g/mol. The third-order valence-electron chi connectivity index (χ3n) is 3.01. The Hall–Kier alpha value is -0.130. The van der Waals surface area contributed by atoms with Crippen molar-refractivity contribution in [2.24, 2.45) is 11.7 Å². The van der Waals surface area contributed by atoms with E-state index < -0.39 is 9.84 Å². The highest BCUT2D eigenvalue weighted by molar-refractivity contribution is 7.91. The van der Waals surface area contributed by atoms with Gasteiger partial charge in [0, 0.05) is 13.1 Å². The van der Waals surface area contributed by atoms with Gasteiger partial charge in [-0.25, -0.2) is 8.42 Å². The predicted molar refractivity (Wildman–Crippen MR) is 62.5 cm³/mol. The molecule has 0 aromatic heterocycles. The minimum atomic E-state index is -2.72. The van der Waals surface area contributed by atoms with Gasteiger partial charge in [-0.2, -0.15) is 0 Å². The summed E-state index contributed by atoms with van der Waals surface area (Å²) in [6, 6.07) is 0. The largest absolute Gasteiger partial charge is 0.330 e. The summed E-state index contributed by atoms with van der Waals surface area (Å²) in [4.78, 5) is 2.24. The zero-order valence-corrected chi connectivity index (χ0v) is 10.3. The summed E-state index contributed by atoms with van der Waals surface area (Å²) in [6.07, 6.45) is 2.26. The van der Waals surface area contributed by atoms with Crippen LogP contribution in [0, 0.1) is 5.92 Å². The summed E-state index contributed by atoms with van der Waals surface area (Å²) in [5.41, 5.74) is 5.53. The Morgan fingerprint density at radius 1 is 1.33 bits per heavy atom. The van der Waals surface area contributed by atoms with Gasteiger partial charge < -0.3 is 10.6 Å². The van der Waals surface area contributed by atoms with Crippen LogP contribution >= 0.6 is 0 Å². The highest BCUT2D eigenvalue weighted by Crippen LogP contribution is 2.08. The second kappa shape index (κ2) is 5.82. The van der Waals surface area contributed by atoms with E-state index in [9.17, 15) is 8.42 Å². The van der Waals surface area contributed by atoms with Crippen molar-refractivity contribution in [1.29, 1.82) is 0 Å². The second-order valence-electron chi connectivity index (χ2n) is 4.48. The van der Waals surface area contributed by atoms with Crippen LogP contribution in [0.15, 0.2) is 0 Å². The molecule has 1 aliphatic heterocycles. The van der Waals surface area contributed by atoms with E-state index in [0.29, 0.717) is 30.5 Å². The standard InChI is InChI=1S/C10H22N2O2S/c1-10(9-11)3-2-4-12-5-7-15(13,14)8-6-12/h10H,2-9,11H2,1H3. The molecule has 0 aliphatic carbocycles. The molecule has 0 amide bonds. The molecule has 1 fully saturated rings. The number of hydrogen-bond acceptors (Lipinski definition) is 4. The normalized spacial score (nSPS) is 23.9. The maximum Gasteiger partial charge on any atom is 0.152 e. The van der Waals surface area contributed by atoms with Crippen LogP contribution in [-0.4, -0.2) is 51.0 Å². The van der Waals surface area contributed by atoms with E-state index in [1.807, 2.05) is 0 Å². The number of sulfone groups is 1. The fourth-order valence-corrected chi connectivity index (χ4v) is 3.03. The first kappa shape index (κ1) is 12.9.